The maximum Gasteiger partial charge on any atom is 0.323 e. The molecular formula is C16H23NO3. The van der Waals surface area contributed by atoms with E-state index in [1.54, 1.807) is 0 Å². The van der Waals surface area contributed by atoms with E-state index >= 15 is 0 Å². The molecule has 0 saturated heterocycles. The van der Waals surface area contributed by atoms with Crippen molar-refractivity contribution < 1.29 is 14.7 Å². The predicted octanol–water partition coefficient (Wildman–Crippen LogP) is 2.89. The number of carboxylic acids is 1. The van der Waals surface area contributed by atoms with Gasteiger partial charge in [0.05, 0.1) is 0 Å². The fraction of sp³-hybridized carbons (Fsp3) is 0.500. The molecule has 0 spiro atoms. The van der Waals surface area contributed by atoms with E-state index in [1.807, 2.05) is 51.1 Å². The Kier molecular flexibility index (Phi) is 6.22. The predicted molar refractivity (Wildman–Crippen MR) is 78.6 cm³/mol. The van der Waals surface area contributed by atoms with Crippen LogP contribution in [0.5, 0.6) is 0 Å². The van der Waals surface area contributed by atoms with Gasteiger partial charge in [-0.25, -0.2) is 0 Å². The number of carboxylic acid groups (broad SMARTS) is 1. The van der Waals surface area contributed by atoms with Crippen molar-refractivity contribution in [1.29, 1.82) is 0 Å². The molecule has 1 unspecified atom stereocenters. The van der Waals surface area contributed by atoms with Crippen LogP contribution < -0.4 is 0 Å². The van der Waals surface area contributed by atoms with Crippen molar-refractivity contribution in [1.82, 2.24) is 4.90 Å². The number of carbonyl (C=O) groups is 2. The first-order valence-electron chi connectivity index (χ1n) is 7.01. The Balaban J connectivity index is 2.77. The summed E-state index contributed by atoms with van der Waals surface area (Å²) in [6.45, 7) is 5.48. The molecule has 1 aromatic rings. The Hall–Kier alpha value is -1.84. The fourth-order valence-electron chi connectivity index (χ4n) is 2.26. The van der Waals surface area contributed by atoms with Crippen LogP contribution in [0.1, 0.15) is 45.1 Å². The van der Waals surface area contributed by atoms with Crippen LogP contribution in [0.4, 0.5) is 0 Å². The number of hydrogen-bond acceptors (Lipinski definition) is 2. The number of benzene rings is 1. The maximum atomic E-state index is 12.3. The fourth-order valence-corrected chi connectivity index (χ4v) is 2.26. The van der Waals surface area contributed by atoms with Gasteiger partial charge in [-0.1, -0.05) is 37.3 Å². The number of amides is 1. The largest absolute Gasteiger partial charge is 0.480 e. The Morgan fingerprint density at radius 1 is 1.20 bits per heavy atom. The van der Waals surface area contributed by atoms with Crippen LogP contribution in [0.15, 0.2) is 30.3 Å². The summed E-state index contributed by atoms with van der Waals surface area (Å²) in [4.78, 5) is 24.6. The maximum absolute atomic E-state index is 12.3. The second-order valence-electron chi connectivity index (χ2n) is 5.23. The molecule has 0 fully saturated rings. The van der Waals surface area contributed by atoms with Gasteiger partial charge in [0.25, 0.3) is 0 Å². The molecule has 0 aromatic heterocycles. The zero-order valence-electron chi connectivity index (χ0n) is 12.4. The topological polar surface area (TPSA) is 57.6 Å². The summed E-state index contributed by atoms with van der Waals surface area (Å²) >= 11 is 0. The van der Waals surface area contributed by atoms with Crippen LogP contribution in [-0.2, 0) is 9.59 Å². The van der Waals surface area contributed by atoms with Gasteiger partial charge in [-0.15, -0.1) is 0 Å². The van der Waals surface area contributed by atoms with E-state index in [2.05, 4.69) is 0 Å². The van der Waals surface area contributed by atoms with E-state index in [9.17, 15) is 9.59 Å². The standard InChI is InChI=1S/C16H23NO3/c1-4-13(14-8-6-5-7-9-14)10-15(18)17(12(2)3)11-16(19)20/h5-9,12-13H,4,10-11H2,1-3H3,(H,19,20). The molecule has 0 saturated carbocycles. The summed E-state index contributed by atoms with van der Waals surface area (Å²) in [7, 11) is 0. The van der Waals surface area contributed by atoms with Gasteiger partial charge in [0.1, 0.15) is 6.54 Å². The average Bonchev–Trinajstić information content (AvgIpc) is 2.42. The van der Waals surface area contributed by atoms with Crippen LogP contribution in [0, 0.1) is 0 Å². The molecule has 0 radical (unpaired) electrons. The number of hydrogen-bond donors (Lipinski definition) is 1. The van der Waals surface area contributed by atoms with Crippen molar-refractivity contribution in [2.75, 3.05) is 6.54 Å². The minimum Gasteiger partial charge on any atom is -0.480 e. The number of nitrogens with zero attached hydrogens (tertiary/aromatic N) is 1. The minimum absolute atomic E-state index is 0.0990. The van der Waals surface area contributed by atoms with E-state index in [4.69, 9.17) is 5.11 Å². The van der Waals surface area contributed by atoms with Gasteiger partial charge >= 0.3 is 5.97 Å². The highest BCUT2D eigenvalue weighted by Gasteiger charge is 2.23. The molecule has 4 nitrogen and oxygen atoms in total. The smallest absolute Gasteiger partial charge is 0.323 e. The SMILES string of the molecule is CCC(CC(=O)N(CC(=O)O)C(C)C)c1ccccc1. The van der Waals surface area contributed by atoms with E-state index in [1.165, 1.54) is 4.90 Å². The van der Waals surface area contributed by atoms with Crippen molar-refractivity contribution in [3.05, 3.63) is 35.9 Å². The monoisotopic (exact) mass is 277 g/mol. The van der Waals surface area contributed by atoms with E-state index in [-0.39, 0.29) is 24.4 Å². The third-order valence-electron chi connectivity index (χ3n) is 3.43. The summed E-state index contributed by atoms with van der Waals surface area (Å²) in [5.41, 5.74) is 1.13. The second-order valence-corrected chi connectivity index (χ2v) is 5.23. The van der Waals surface area contributed by atoms with Gasteiger partial charge in [0, 0.05) is 12.5 Å². The lowest BCUT2D eigenvalue weighted by atomic mass is 9.92. The van der Waals surface area contributed by atoms with Gasteiger partial charge in [-0.05, 0) is 31.7 Å². The molecule has 4 heteroatoms. The summed E-state index contributed by atoms with van der Waals surface area (Å²) in [5.74, 6) is -0.934. The summed E-state index contributed by atoms with van der Waals surface area (Å²) < 4.78 is 0. The lowest BCUT2D eigenvalue weighted by Gasteiger charge is -2.27. The molecule has 0 aliphatic heterocycles. The summed E-state index contributed by atoms with van der Waals surface area (Å²) in [5, 5.41) is 8.90. The van der Waals surface area contributed by atoms with Crippen molar-refractivity contribution in [2.45, 2.75) is 45.6 Å². The highest BCUT2D eigenvalue weighted by Crippen LogP contribution is 2.24. The zero-order valence-corrected chi connectivity index (χ0v) is 12.4. The molecule has 1 rings (SSSR count). The van der Waals surface area contributed by atoms with Gasteiger partial charge in [-0.2, -0.15) is 0 Å². The zero-order chi connectivity index (χ0) is 15.1. The molecule has 1 atom stereocenters. The number of rotatable bonds is 7. The van der Waals surface area contributed by atoms with Crippen molar-refractivity contribution in [2.24, 2.45) is 0 Å². The quantitative estimate of drug-likeness (QED) is 0.833. The first-order chi connectivity index (χ1) is 9.45. The van der Waals surface area contributed by atoms with E-state index < -0.39 is 5.97 Å². The molecule has 1 amide bonds. The highest BCUT2D eigenvalue weighted by molar-refractivity contribution is 5.82. The first kappa shape index (κ1) is 16.2. The second kappa shape index (κ2) is 7.68. The Labute approximate surface area is 120 Å². The normalized spacial score (nSPS) is 12.2. The van der Waals surface area contributed by atoms with Crippen LogP contribution in [0.3, 0.4) is 0 Å². The van der Waals surface area contributed by atoms with E-state index in [0.29, 0.717) is 6.42 Å². The van der Waals surface area contributed by atoms with Crippen LogP contribution in [0.2, 0.25) is 0 Å². The van der Waals surface area contributed by atoms with Gasteiger partial charge in [0.15, 0.2) is 0 Å². The molecular weight excluding hydrogens is 254 g/mol. The third-order valence-corrected chi connectivity index (χ3v) is 3.43. The molecule has 110 valence electrons. The molecule has 1 aromatic carbocycles. The van der Waals surface area contributed by atoms with Gasteiger partial charge in [0.2, 0.25) is 5.91 Å². The summed E-state index contributed by atoms with van der Waals surface area (Å²) in [6.07, 6.45) is 1.21. The average molecular weight is 277 g/mol. The highest BCUT2D eigenvalue weighted by atomic mass is 16.4. The molecule has 0 aliphatic rings. The van der Waals surface area contributed by atoms with Crippen LogP contribution >= 0.6 is 0 Å². The van der Waals surface area contributed by atoms with Gasteiger partial charge < -0.3 is 10.0 Å². The molecule has 0 bridgehead atoms. The van der Waals surface area contributed by atoms with Crippen molar-refractivity contribution in [3.63, 3.8) is 0 Å². The molecule has 0 heterocycles. The molecule has 1 N–H and O–H groups in total. The van der Waals surface area contributed by atoms with Crippen molar-refractivity contribution >= 4 is 11.9 Å². The Morgan fingerprint density at radius 3 is 2.25 bits per heavy atom. The Bertz CT molecular complexity index is 442. The lowest BCUT2D eigenvalue weighted by Crippen LogP contribution is -2.41. The lowest BCUT2D eigenvalue weighted by molar-refractivity contribution is -0.146. The molecule has 20 heavy (non-hydrogen) atoms. The number of carbonyl (C=O) groups excluding carboxylic acids is 1. The third kappa shape index (κ3) is 4.68. The van der Waals surface area contributed by atoms with Crippen LogP contribution in [-0.4, -0.2) is 34.5 Å². The van der Waals surface area contributed by atoms with Gasteiger partial charge in [-0.3, -0.25) is 9.59 Å². The molecule has 0 aliphatic carbocycles. The number of aliphatic carboxylic acids is 1. The minimum atomic E-state index is -0.972. The van der Waals surface area contributed by atoms with E-state index in [0.717, 1.165) is 12.0 Å². The van der Waals surface area contributed by atoms with Crippen LogP contribution in [0.25, 0.3) is 0 Å². The van der Waals surface area contributed by atoms with Crippen molar-refractivity contribution in [3.8, 4) is 0 Å². The first-order valence-corrected chi connectivity index (χ1v) is 7.01. The summed E-state index contributed by atoms with van der Waals surface area (Å²) in [6, 6.07) is 9.78. The Morgan fingerprint density at radius 2 is 1.80 bits per heavy atom.